The van der Waals surface area contributed by atoms with Crippen molar-refractivity contribution in [1.82, 2.24) is 0 Å². The Morgan fingerprint density at radius 3 is 1.31 bits per heavy atom. The van der Waals surface area contributed by atoms with Crippen molar-refractivity contribution in [2.24, 2.45) is 0 Å². The second-order valence-corrected chi connectivity index (χ2v) is 4.14. The highest BCUT2D eigenvalue weighted by Crippen LogP contribution is 2.60. The van der Waals surface area contributed by atoms with Gasteiger partial charge in [0, 0.05) is 0 Å². The molecule has 0 aromatic rings. The molecule has 0 saturated heterocycles. The van der Waals surface area contributed by atoms with Gasteiger partial charge in [0.2, 0.25) is 0 Å². The van der Waals surface area contributed by atoms with Gasteiger partial charge in [-0.2, -0.15) is 66.7 Å². The van der Waals surface area contributed by atoms with Crippen LogP contribution in [-0.4, -0.2) is 35.7 Å². The second kappa shape index (κ2) is 6.30. The number of alkyl halides is 12. The van der Waals surface area contributed by atoms with Gasteiger partial charge < -0.3 is 4.74 Å². The molecule has 0 heterocycles. The maximum Gasteiger partial charge on any atom is 0.472 e. The minimum Gasteiger partial charge on any atom is -0.397 e. The highest BCUT2D eigenvalue weighted by Gasteiger charge is 2.91. The number of hydrogen-bond acceptors (Lipinski definition) is 2. The Labute approximate surface area is 131 Å². The molecule has 2 nitrogen and oxygen atoms in total. The highest BCUT2D eigenvalue weighted by molar-refractivity contribution is 5.21. The molecule has 0 aromatic heterocycles. The average molecular weight is 423 g/mol. The normalized spacial score (nSPS) is 16.5. The van der Waals surface area contributed by atoms with Crippen molar-refractivity contribution in [1.29, 1.82) is 5.26 Å². The molecule has 26 heavy (non-hydrogen) atoms. The maximum atomic E-state index is 13.1. The lowest BCUT2D eigenvalue weighted by atomic mass is 9.89. The van der Waals surface area contributed by atoms with Crippen molar-refractivity contribution in [3.8, 4) is 6.07 Å². The molecule has 1 atom stereocenters. The summed E-state index contributed by atoms with van der Waals surface area (Å²) < 4.78 is 190. The number of nitriles is 1. The van der Waals surface area contributed by atoms with E-state index in [4.69, 9.17) is 5.26 Å². The molecule has 0 aliphatic carbocycles. The summed E-state index contributed by atoms with van der Waals surface area (Å²) in [5.74, 6) is -23.9. The van der Waals surface area contributed by atoms with Crippen molar-refractivity contribution >= 4 is 0 Å². The fraction of sp³-hybridized carbons (Fsp3) is 0.667. The van der Waals surface area contributed by atoms with Crippen LogP contribution >= 0.6 is 0 Å². The van der Waals surface area contributed by atoms with Crippen LogP contribution in [0.3, 0.4) is 0 Å². The molecular formula is C9F15NO. The van der Waals surface area contributed by atoms with Gasteiger partial charge in [-0.15, -0.1) is 0 Å². The zero-order valence-electron chi connectivity index (χ0n) is 11.0. The van der Waals surface area contributed by atoms with Crippen LogP contribution in [0.5, 0.6) is 0 Å². The molecule has 0 fully saturated rings. The number of hydrogen-bond donors (Lipinski definition) is 0. The van der Waals surface area contributed by atoms with E-state index in [2.05, 4.69) is 0 Å². The van der Waals surface area contributed by atoms with Crippen LogP contribution in [0.1, 0.15) is 0 Å². The summed E-state index contributed by atoms with van der Waals surface area (Å²) in [4.78, 5) is 0. The van der Waals surface area contributed by atoms with E-state index in [0.29, 0.717) is 0 Å². The number of nitrogens with zero attached hydrogens (tertiary/aromatic N) is 1. The Balaban J connectivity index is 6.45. The van der Waals surface area contributed by atoms with Gasteiger partial charge in [-0.3, -0.25) is 0 Å². The third-order valence-electron chi connectivity index (χ3n) is 2.50. The van der Waals surface area contributed by atoms with Crippen LogP contribution in [0.15, 0.2) is 12.1 Å². The van der Waals surface area contributed by atoms with E-state index in [9.17, 15) is 65.9 Å². The Morgan fingerprint density at radius 1 is 0.654 bits per heavy atom. The molecule has 0 aliphatic rings. The van der Waals surface area contributed by atoms with Crippen molar-refractivity contribution in [2.75, 3.05) is 0 Å². The van der Waals surface area contributed by atoms with Gasteiger partial charge in [-0.05, 0) is 0 Å². The first-order valence-corrected chi connectivity index (χ1v) is 5.22. The summed E-state index contributed by atoms with van der Waals surface area (Å²) in [5, 5.41) is 7.72. The fourth-order valence-corrected chi connectivity index (χ4v) is 1.12. The quantitative estimate of drug-likeness (QED) is 0.428. The fourth-order valence-electron chi connectivity index (χ4n) is 1.12. The zero-order valence-corrected chi connectivity index (χ0v) is 11.0. The van der Waals surface area contributed by atoms with Crippen LogP contribution in [0.25, 0.3) is 0 Å². The van der Waals surface area contributed by atoms with Gasteiger partial charge in [0.05, 0.1) is 0 Å². The molecule has 0 spiro atoms. The Morgan fingerprint density at radius 2 is 1.04 bits per heavy atom. The lowest BCUT2D eigenvalue weighted by Crippen LogP contribution is -2.71. The van der Waals surface area contributed by atoms with Crippen LogP contribution in [0, 0.1) is 11.3 Å². The van der Waals surface area contributed by atoms with Crippen molar-refractivity contribution < 1.29 is 70.6 Å². The van der Waals surface area contributed by atoms with Gasteiger partial charge in [0.15, 0.2) is 0 Å². The van der Waals surface area contributed by atoms with E-state index < -0.39 is 53.9 Å². The van der Waals surface area contributed by atoms with Gasteiger partial charge in [-0.25, -0.2) is 4.39 Å². The predicted molar refractivity (Wildman–Crippen MR) is 46.7 cm³/mol. The first kappa shape index (κ1) is 24.0. The first-order valence-electron chi connectivity index (χ1n) is 5.22. The molecule has 0 amide bonds. The zero-order chi connectivity index (χ0) is 21.6. The molecule has 0 aromatic carbocycles. The molecule has 0 saturated carbocycles. The van der Waals surface area contributed by atoms with E-state index in [0.717, 1.165) is 0 Å². The molecule has 0 rings (SSSR count). The summed E-state index contributed by atoms with van der Waals surface area (Å²) in [6.45, 7) is 0. The van der Waals surface area contributed by atoms with Crippen LogP contribution in [0.2, 0.25) is 0 Å². The lowest BCUT2D eigenvalue weighted by Gasteiger charge is -2.39. The van der Waals surface area contributed by atoms with Crippen molar-refractivity contribution in [3.63, 3.8) is 0 Å². The third kappa shape index (κ3) is 3.20. The number of rotatable bonds is 6. The van der Waals surface area contributed by atoms with Gasteiger partial charge in [0.25, 0.3) is 0 Å². The second-order valence-electron chi connectivity index (χ2n) is 4.14. The number of halogens is 15. The highest BCUT2D eigenvalue weighted by atomic mass is 19.4. The number of ether oxygens (including phenoxy) is 1. The Kier molecular flexibility index (Phi) is 5.81. The summed E-state index contributed by atoms with van der Waals surface area (Å²) >= 11 is 0. The van der Waals surface area contributed by atoms with E-state index >= 15 is 0 Å². The molecule has 0 bridgehead atoms. The molecule has 0 radical (unpaired) electrons. The van der Waals surface area contributed by atoms with Crippen molar-refractivity contribution in [2.45, 2.75) is 35.7 Å². The van der Waals surface area contributed by atoms with Crippen molar-refractivity contribution in [3.05, 3.63) is 12.1 Å². The van der Waals surface area contributed by atoms with Gasteiger partial charge in [0.1, 0.15) is 6.07 Å². The molecular weight excluding hydrogens is 423 g/mol. The topological polar surface area (TPSA) is 33.0 Å². The first-order chi connectivity index (χ1) is 11.1. The Bertz CT molecular complexity index is 610. The minimum atomic E-state index is -8.10. The van der Waals surface area contributed by atoms with E-state index in [1.807, 2.05) is 0 Å². The third-order valence-corrected chi connectivity index (χ3v) is 2.50. The van der Waals surface area contributed by atoms with Gasteiger partial charge >= 0.3 is 47.8 Å². The smallest absolute Gasteiger partial charge is 0.397 e. The molecule has 17 heteroatoms. The summed E-state index contributed by atoms with van der Waals surface area (Å²) in [6, 6.07) is -5.07. The monoisotopic (exact) mass is 423 g/mol. The predicted octanol–water partition coefficient (Wildman–Crippen LogP) is 5.33. The largest absolute Gasteiger partial charge is 0.472 e. The average Bonchev–Trinajstić information content (AvgIpc) is 2.43. The van der Waals surface area contributed by atoms with Crippen LogP contribution in [-0.2, 0) is 4.74 Å². The maximum absolute atomic E-state index is 13.1. The SMILES string of the molecule is N#CC(F)(C(F)(F)F)C(F)(F)C(F)(F)C(F)(F)C(F)(F)OC(F)=C(F)F. The molecule has 0 aliphatic heterocycles. The van der Waals surface area contributed by atoms with E-state index in [1.54, 1.807) is 4.74 Å². The minimum absolute atomic E-state index is 1.10. The lowest BCUT2D eigenvalue weighted by molar-refractivity contribution is -0.442. The molecule has 152 valence electrons. The van der Waals surface area contributed by atoms with Crippen LogP contribution < -0.4 is 0 Å². The Hall–Kier alpha value is -2.02. The van der Waals surface area contributed by atoms with E-state index in [-0.39, 0.29) is 0 Å². The van der Waals surface area contributed by atoms with E-state index in [1.165, 1.54) is 0 Å². The summed E-state index contributed by atoms with van der Waals surface area (Å²) in [5.41, 5.74) is -7.14. The standard InChI is InChI=1S/C9F15NO/c10-2(11)3(12)26-9(23,24)7(18,19)6(16,17)5(14,15)4(13,1-25)8(20,21)22. The molecule has 0 N–H and O–H groups in total. The summed E-state index contributed by atoms with van der Waals surface area (Å²) in [6.07, 6.45) is -18.6. The van der Waals surface area contributed by atoms with Gasteiger partial charge in [-0.1, -0.05) is 0 Å². The summed E-state index contributed by atoms with van der Waals surface area (Å²) in [7, 11) is 0. The van der Waals surface area contributed by atoms with Crippen LogP contribution in [0.4, 0.5) is 65.9 Å². The molecule has 1 unspecified atom stereocenters.